The van der Waals surface area contributed by atoms with Crippen molar-refractivity contribution in [1.82, 2.24) is 5.32 Å². The Kier molecular flexibility index (Phi) is 4.35. The Morgan fingerprint density at radius 1 is 1.20 bits per heavy atom. The Labute approximate surface area is 129 Å². The second-order valence-electron chi connectivity index (χ2n) is 5.34. The minimum atomic E-state index is 0.732. The molecule has 0 spiro atoms. The fourth-order valence-corrected chi connectivity index (χ4v) is 3.35. The van der Waals surface area contributed by atoms with E-state index in [1.807, 2.05) is 0 Å². The van der Waals surface area contributed by atoms with E-state index < -0.39 is 0 Å². The average Bonchev–Trinajstić information content (AvgIpc) is 3.23. The molecule has 3 heteroatoms. The van der Waals surface area contributed by atoms with Crippen LogP contribution >= 0.6 is 23.4 Å². The van der Waals surface area contributed by atoms with Gasteiger partial charge in [0.2, 0.25) is 0 Å². The van der Waals surface area contributed by atoms with Crippen molar-refractivity contribution in [3.05, 3.63) is 58.6 Å². The summed E-state index contributed by atoms with van der Waals surface area (Å²) >= 11 is 8.12. The summed E-state index contributed by atoms with van der Waals surface area (Å²) in [5.41, 5.74) is 2.53. The first-order valence-electron chi connectivity index (χ1n) is 6.97. The minimum Gasteiger partial charge on any atom is -0.310 e. The van der Waals surface area contributed by atoms with Gasteiger partial charge in [-0.25, -0.2) is 0 Å². The van der Waals surface area contributed by atoms with Crippen molar-refractivity contribution in [3.63, 3.8) is 0 Å². The maximum atomic E-state index is 6.40. The molecule has 2 aromatic rings. The number of hydrogen-bond acceptors (Lipinski definition) is 2. The molecule has 1 aliphatic rings. The standard InChI is InChI=1S/C17H18ClNS/c1-12-3-2-4-15(9-12)20-17-8-5-13(10-16(17)18)11-19-14-6-7-14/h2-5,8-10,14,19H,6-7,11H2,1H3. The summed E-state index contributed by atoms with van der Waals surface area (Å²) in [5.74, 6) is 0. The Hall–Kier alpha value is -0.960. The van der Waals surface area contributed by atoms with Crippen molar-refractivity contribution in [2.45, 2.75) is 42.1 Å². The third kappa shape index (κ3) is 3.78. The van der Waals surface area contributed by atoms with Crippen LogP contribution in [0, 0.1) is 6.92 Å². The Morgan fingerprint density at radius 2 is 2.05 bits per heavy atom. The van der Waals surface area contributed by atoms with Gasteiger partial charge in [0.1, 0.15) is 0 Å². The quantitative estimate of drug-likeness (QED) is 0.829. The first-order chi connectivity index (χ1) is 9.70. The molecule has 1 nitrogen and oxygen atoms in total. The lowest BCUT2D eigenvalue weighted by Gasteiger charge is -2.08. The first kappa shape index (κ1) is 14.0. The monoisotopic (exact) mass is 303 g/mol. The Balaban J connectivity index is 1.69. The normalized spacial score (nSPS) is 14.5. The lowest BCUT2D eigenvalue weighted by atomic mass is 10.2. The van der Waals surface area contributed by atoms with Gasteiger partial charge in [-0.1, -0.05) is 47.1 Å². The summed E-state index contributed by atoms with van der Waals surface area (Å²) in [4.78, 5) is 2.35. The Morgan fingerprint density at radius 3 is 2.75 bits per heavy atom. The largest absolute Gasteiger partial charge is 0.310 e. The minimum absolute atomic E-state index is 0.732. The molecule has 20 heavy (non-hydrogen) atoms. The summed E-state index contributed by atoms with van der Waals surface area (Å²) in [7, 11) is 0. The molecule has 1 fully saturated rings. The van der Waals surface area contributed by atoms with Gasteiger partial charge in [0.15, 0.2) is 0 Å². The fourth-order valence-electron chi connectivity index (χ4n) is 2.09. The Bertz CT molecular complexity index is 608. The van der Waals surface area contributed by atoms with Gasteiger partial charge >= 0.3 is 0 Å². The van der Waals surface area contributed by atoms with Crippen LogP contribution in [0.2, 0.25) is 5.02 Å². The van der Waals surface area contributed by atoms with E-state index in [9.17, 15) is 0 Å². The van der Waals surface area contributed by atoms with Crippen molar-refractivity contribution < 1.29 is 0 Å². The number of hydrogen-bond donors (Lipinski definition) is 1. The van der Waals surface area contributed by atoms with Crippen molar-refractivity contribution in [1.29, 1.82) is 0 Å². The number of nitrogens with one attached hydrogen (secondary N) is 1. The van der Waals surface area contributed by atoms with E-state index in [0.29, 0.717) is 0 Å². The van der Waals surface area contributed by atoms with Gasteiger partial charge < -0.3 is 5.32 Å². The van der Waals surface area contributed by atoms with E-state index in [-0.39, 0.29) is 0 Å². The van der Waals surface area contributed by atoms with E-state index in [1.165, 1.54) is 28.9 Å². The van der Waals surface area contributed by atoms with E-state index in [2.05, 4.69) is 54.7 Å². The lowest BCUT2D eigenvalue weighted by Crippen LogP contribution is -2.15. The van der Waals surface area contributed by atoms with Crippen LogP contribution in [-0.2, 0) is 6.54 Å². The molecule has 0 heterocycles. The predicted molar refractivity (Wildman–Crippen MR) is 86.6 cm³/mol. The summed E-state index contributed by atoms with van der Waals surface area (Å²) in [6.07, 6.45) is 2.63. The number of halogens is 1. The van der Waals surface area contributed by atoms with Crippen LogP contribution in [0.5, 0.6) is 0 Å². The molecule has 0 saturated heterocycles. The second-order valence-corrected chi connectivity index (χ2v) is 6.86. The smallest absolute Gasteiger partial charge is 0.0548 e. The molecule has 0 atom stereocenters. The highest BCUT2D eigenvalue weighted by Gasteiger charge is 2.19. The van der Waals surface area contributed by atoms with Crippen LogP contribution in [0.25, 0.3) is 0 Å². The van der Waals surface area contributed by atoms with Gasteiger partial charge in [-0.05, 0) is 49.6 Å². The molecule has 0 bridgehead atoms. The van der Waals surface area contributed by atoms with E-state index >= 15 is 0 Å². The third-order valence-corrected chi connectivity index (χ3v) is 4.88. The molecule has 104 valence electrons. The lowest BCUT2D eigenvalue weighted by molar-refractivity contribution is 0.687. The van der Waals surface area contributed by atoms with Crippen LogP contribution in [0.4, 0.5) is 0 Å². The van der Waals surface area contributed by atoms with E-state index in [0.717, 1.165) is 22.5 Å². The topological polar surface area (TPSA) is 12.0 Å². The zero-order valence-corrected chi connectivity index (χ0v) is 13.1. The van der Waals surface area contributed by atoms with Crippen LogP contribution in [-0.4, -0.2) is 6.04 Å². The summed E-state index contributed by atoms with van der Waals surface area (Å²) in [6, 6.07) is 15.6. The highest BCUT2D eigenvalue weighted by molar-refractivity contribution is 7.99. The van der Waals surface area contributed by atoms with Crippen molar-refractivity contribution in [2.24, 2.45) is 0 Å². The fraction of sp³-hybridized carbons (Fsp3) is 0.294. The van der Waals surface area contributed by atoms with E-state index in [1.54, 1.807) is 11.8 Å². The third-order valence-electron chi connectivity index (χ3n) is 3.39. The zero-order chi connectivity index (χ0) is 13.9. The summed E-state index contributed by atoms with van der Waals surface area (Å²) in [6.45, 7) is 3.03. The predicted octanol–water partition coefficient (Wildman–Crippen LogP) is 5.05. The molecule has 1 N–H and O–H groups in total. The van der Waals surface area contributed by atoms with Gasteiger partial charge in [-0.3, -0.25) is 0 Å². The van der Waals surface area contributed by atoms with Crippen LogP contribution in [0.1, 0.15) is 24.0 Å². The molecule has 1 saturated carbocycles. The van der Waals surface area contributed by atoms with Gasteiger partial charge in [0.05, 0.1) is 5.02 Å². The van der Waals surface area contributed by atoms with Gasteiger partial charge in [0, 0.05) is 22.4 Å². The van der Waals surface area contributed by atoms with Crippen molar-refractivity contribution in [3.8, 4) is 0 Å². The zero-order valence-electron chi connectivity index (χ0n) is 11.5. The van der Waals surface area contributed by atoms with Crippen molar-refractivity contribution in [2.75, 3.05) is 0 Å². The van der Waals surface area contributed by atoms with Crippen molar-refractivity contribution >= 4 is 23.4 Å². The molecular formula is C17H18ClNS. The van der Waals surface area contributed by atoms with Gasteiger partial charge in [-0.2, -0.15) is 0 Å². The van der Waals surface area contributed by atoms with Gasteiger partial charge in [0.25, 0.3) is 0 Å². The molecule has 0 amide bonds. The summed E-state index contributed by atoms with van der Waals surface area (Å²) in [5, 5.41) is 4.35. The van der Waals surface area contributed by atoms with Crippen LogP contribution in [0.3, 0.4) is 0 Å². The maximum Gasteiger partial charge on any atom is 0.0548 e. The average molecular weight is 304 g/mol. The van der Waals surface area contributed by atoms with Crippen LogP contribution < -0.4 is 5.32 Å². The molecule has 2 aromatic carbocycles. The highest BCUT2D eigenvalue weighted by atomic mass is 35.5. The molecule has 0 aliphatic heterocycles. The second kappa shape index (κ2) is 6.21. The molecule has 0 unspecified atom stereocenters. The number of aryl methyl sites for hydroxylation is 1. The van der Waals surface area contributed by atoms with Gasteiger partial charge in [-0.15, -0.1) is 0 Å². The molecular weight excluding hydrogens is 286 g/mol. The number of benzene rings is 2. The number of rotatable bonds is 5. The highest BCUT2D eigenvalue weighted by Crippen LogP contribution is 2.34. The summed E-state index contributed by atoms with van der Waals surface area (Å²) < 4.78 is 0. The first-order valence-corrected chi connectivity index (χ1v) is 8.16. The molecule has 0 radical (unpaired) electrons. The van der Waals surface area contributed by atoms with E-state index in [4.69, 9.17) is 11.6 Å². The maximum absolute atomic E-state index is 6.40. The molecule has 0 aromatic heterocycles. The molecule has 1 aliphatic carbocycles. The SMILES string of the molecule is Cc1cccc(Sc2ccc(CNC3CC3)cc2Cl)c1. The molecule has 3 rings (SSSR count). The van der Waals surface area contributed by atoms with Crippen LogP contribution in [0.15, 0.2) is 52.3 Å².